The maximum atomic E-state index is 4.32. The summed E-state index contributed by atoms with van der Waals surface area (Å²) in [6, 6.07) is 2.67. The fraction of sp³-hybridized carbons (Fsp3) is 0.692. The maximum Gasteiger partial charge on any atom is 0.0676 e. The Morgan fingerprint density at radius 2 is 2.19 bits per heavy atom. The number of hydrogen-bond donors (Lipinski definition) is 1. The topological polar surface area (TPSA) is 37.8 Å². The van der Waals surface area contributed by atoms with E-state index >= 15 is 0 Å². The molecule has 3 heteroatoms. The van der Waals surface area contributed by atoms with Crippen molar-refractivity contribution in [2.75, 3.05) is 7.05 Å². The molecule has 0 aromatic carbocycles. The first kappa shape index (κ1) is 11.5. The molecule has 1 atom stereocenters. The van der Waals surface area contributed by atoms with Gasteiger partial charge in [-0.2, -0.15) is 10.2 Å². The van der Waals surface area contributed by atoms with Gasteiger partial charge in [0.1, 0.15) is 0 Å². The lowest BCUT2D eigenvalue weighted by Gasteiger charge is -2.34. The van der Waals surface area contributed by atoms with E-state index < -0.39 is 0 Å². The molecule has 0 spiro atoms. The van der Waals surface area contributed by atoms with E-state index in [0.29, 0.717) is 6.04 Å². The van der Waals surface area contributed by atoms with Crippen molar-refractivity contribution in [3.8, 4) is 0 Å². The van der Waals surface area contributed by atoms with Crippen LogP contribution in [0.2, 0.25) is 0 Å². The Hall–Kier alpha value is -0.960. The van der Waals surface area contributed by atoms with Gasteiger partial charge in [0.05, 0.1) is 11.4 Å². The molecule has 1 unspecified atom stereocenters. The second-order valence-corrected chi connectivity index (χ2v) is 4.70. The lowest BCUT2D eigenvalue weighted by atomic mass is 9.76. The molecule has 0 saturated heterocycles. The van der Waals surface area contributed by atoms with Gasteiger partial charge in [-0.3, -0.25) is 0 Å². The van der Waals surface area contributed by atoms with Gasteiger partial charge in [-0.1, -0.05) is 13.3 Å². The Bertz CT molecular complexity index is 358. The predicted molar refractivity (Wildman–Crippen MR) is 65.3 cm³/mol. The van der Waals surface area contributed by atoms with Crippen molar-refractivity contribution in [1.82, 2.24) is 15.5 Å². The molecule has 1 saturated carbocycles. The van der Waals surface area contributed by atoms with Crippen molar-refractivity contribution in [3.05, 3.63) is 23.0 Å². The first-order chi connectivity index (χ1) is 7.76. The zero-order valence-corrected chi connectivity index (χ0v) is 10.5. The van der Waals surface area contributed by atoms with Crippen LogP contribution in [0.3, 0.4) is 0 Å². The van der Waals surface area contributed by atoms with Crippen molar-refractivity contribution in [3.63, 3.8) is 0 Å². The number of nitrogens with one attached hydrogen (secondary N) is 1. The average molecular weight is 219 g/mol. The summed E-state index contributed by atoms with van der Waals surface area (Å²) in [7, 11) is 2.05. The first-order valence-electron chi connectivity index (χ1n) is 6.26. The molecule has 1 N–H and O–H groups in total. The normalized spacial score (nSPS) is 18.2. The second-order valence-electron chi connectivity index (χ2n) is 4.70. The third kappa shape index (κ3) is 2.09. The number of nitrogens with zero attached hydrogens (tertiary/aromatic N) is 2. The Labute approximate surface area is 97.7 Å². The molecule has 1 heterocycles. The summed E-state index contributed by atoms with van der Waals surface area (Å²) in [4.78, 5) is 0. The van der Waals surface area contributed by atoms with Gasteiger partial charge in [0.2, 0.25) is 0 Å². The number of rotatable bonds is 4. The van der Waals surface area contributed by atoms with Crippen molar-refractivity contribution in [1.29, 1.82) is 0 Å². The quantitative estimate of drug-likeness (QED) is 0.845. The Balaban J connectivity index is 2.31. The monoisotopic (exact) mass is 219 g/mol. The van der Waals surface area contributed by atoms with E-state index in [1.165, 1.54) is 24.8 Å². The average Bonchev–Trinajstić information content (AvgIpc) is 2.23. The van der Waals surface area contributed by atoms with E-state index in [1.807, 2.05) is 6.92 Å². The molecule has 0 aliphatic heterocycles. The summed E-state index contributed by atoms with van der Waals surface area (Å²) < 4.78 is 0. The van der Waals surface area contributed by atoms with Gasteiger partial charge in [0.15, 0.2) is 0 Å². The molecule has 1 aromatic heterocycles. The number of hydrogen-bond acceptors (Lipinski definition) is 3. The van der Waals surface area contributed by atoms with Gasteiger partial charge in [-0.25, -0.2) is 0 Å². The van der Waals surface area contributed by atoms with E-state index in [2.05, 4.69) is 35.6 Å². The Kier molecular flexibility index (Phi) is 3.54. The maximum absolute atomic E-state index is 4.32. The van der Waals surface area contributed by atoms with Crippen LogP contribution in [0.1, 0.15) is 49.2 Å². The van der Waals surface area contributed by atoms with Crippen LogP contribution in [-0.4, -0.2) is 17.2 Å². The van der Waals surface area contributed by atoms with Crippen LogP contribution in [0.4, 0.5) is 0 Å². The zero-order chi connectivity index (χ0) is 11.5. The largest absolute Gasteiger partial charge is 0.313 e. The molecule has 1 aromatic rings. The third-order valence-corrected chi connectivity index (χ3v) is 3.63. The summed E-state index contributed by atoms with van der Waals surface area (Å²) in [6.45, 7) is 4.17. The minimum atomic E-state index is 0.470. The third-order valence-electron chi connectivity index (χ3n) is 3.63. The molecule has 16 heavy (non-hydrogen) atoms. The van der Waals surface area contributed by atoms with E-state index in [-0.39, 0.29) is 0 Å². The molecule has 3 nitrogen and oxygen atoms in total. The highest BCUT2D eigenvalue weighted by Crippen LogP contribution is 2.38. The highest BCUT2D eigenvalue weighted by Gasteiger charge is 2.29. The lowest BCUT2D eigenvalue weighted by molar-refractivity contribution is 0.238. The number of aryl methyl sites for hydroxylation is 2. The van der Waals surface area contributed by atoms with E-state index in [4.69, 9.17) is 0 Å². The minimum absolute atomic E-state index is 0.470. The lowest BCUT2D eigenvalue weighted by Crippen LogP contribution is -2.31. The standard InChI is InChI=1S/C13H21N3/c1-4-12-11(8-9(2)15-16-12)13(14-3)10-6-5-7-10/h8,10,13-14H,4-7H2,1-3H3. The van der Waals surface area contributed by atoms with E-state index in [9.17, 15) is 0 Å². The molecule has 2 rings (SSSR count). The van der Waals surface area contributed by atoms with Gasteiger partial charge in [-0.05, 0) is 50.8 Å². The molecule has 1 fully saturated rings. The van der Waals surface area contributed by atoms with Gasteiger partial charge in [0, 0.05) is 6.04 Å². The minimum Gasteiger partial charge on any atom is -0.313 e. The van der Waals surface area contributed by atoms with Crippen LogP contribution in [-0.2, 0) is 6.42 Å². The highest BCUT2D eigenvalue weighted by atomic mass is 15.1. The molecule has 1 aliphatic carbocycles. The first-order valence-corrected chi connectivity index (χ1v) is 6.26. The van der Waals surface area contributed by atoms with E-state index in [1.54, 1.807) is 0 Å². The van der Waals surface area contributed by atoms with Crippen molar-refractivity contribution >= 4 is 0 Å². The van der Waals surface area contributed by atoms with E-state index in [0.717, 1.165) is 23.7 Å². The van der Waals surface area contributed by atoms with Crippen LogP contribution in [0, 0.1) is 12.8 Å². The summed E-state index contributed by atoms with van der Waals surface area (Å²) in [5.74, 6) is 0.791. The molecular formula is C13H21N3. The predicted octanol–water partition coefficient (Wildman–Crippen LogP) is 2.41. The van der Waals surface area contributed by atoms with Crippen molar-refractivity contribution in [2.24, 2.45) is 5.92 Å². The smallest absolute Gasteiger partial charge is 0.0676 e. The van der Waals surface area contributed by atoms with Crippen LogP contribution in [0.15, 0.2) is 6.07 Å². The fourth-order valence-corrected chi connectivity index (χ4v) is 2.50. The van der Waals surface area contributed by atoms with Crippen molar-refractivity contribution in [2.45, 2.75) is 45.6 Å². The molecule has 1 aliphatic rings. The van der Waals surface area contributed by atoms with Crippen molar-refractivity contribution < 1.29 is 0 Å². The Morgan fingerprint density at radius 1 is 1.44 bits per heavy atom. The van der Waals surface area contributed by atoms with Gasteiger partial charge in [0.25, 0.3) is 0 Å². The molecular weight excluding hydrogens is 198 g/mol. The molecule has 0 radical (unpaired) electrons. The number of aromatic nitrogens is 2. The van der Waals surface area contributed by atoms with Gasteiger partial charge >= 0.3 is 0 Å². The molecule has 88 valence electrons. The van der Waals surface area contributed by atoms with Crippen LogP contribution >= 0.6 is 0 Å². The molecule has 0 bridgehead atoms. The summed E-state index contributed by atoms with van der Waals surface area (Å²) in [5.41, 5.74) is 3.53. The zero-order valence-electron chi connectivity index (χ0n) is 10.5. The van der Waals surface area contributed by atoms with Crippen LogP contribution in [0.5, 0.6) is 0 Å². The highest BCUT2D eigenvalue weighted by molar-refractivity contribution is 5.26. The second kappa shape index (κ2) is 4.91. The Morgan fingerprint density at radius 3 is 2.69 bits per heavy atom. The summed E-state index contributed by atoms with van der Waals surface area (Å²) in [5, 5.41) is 11.9. The summed E-state index contributed by atoms with van der Waals surface area (Å²) in [6.07, 6.45) is 5.03. The SMILES string of the molecule is CCc1nnc(C)cc1C(NC)C1CCC1. The molecule has 0 amide bonds. The fourth-order valence-electron chi connectivity index (χ4n) is 2.50. The van der Waals surface area contributed by atoms with Gasteiger partial charge in [-0.15, -0.1) is 0 Å². The summed E-state index contributed by atoms with van der Waals surface area (Å²) >= 11 is 0. The van der Waals surface area contributed by atoms with Crippen LogP contribution < -0.4 is 5.32 Å². The van der Waals surface area contributed by atoms with Crippen LogP contribution in [0.25, 0.3) is 0 Å². The van der Waals surface area contributed by atoms with Gasteiger partial charge < -0.3 is 5.32 Å².